The summed E-state index contributed by atoms with van der Waals surface area (Å²) in [4.78, 5) is 3.96. The fourth-order valence-corrected chi connectivity index (χ4v) is 2.33. The molecule has 2 aromatic carbocycles. The van der Waals surface area contributed by atoms with Crippen LogP contribution in [0.15, 0.2) is 47.5 Å². The summed E-state index contributed by atoms with van der Waals surface area (Å²) >= 11 is 0. The van der Waals surface area contributed by atoms with Gasteiger partial charge in [0.25, 0.3) is 0 Å². The molecule has 0 aromatic heterocycles. The van der Waals surface area contributed by atoms with E-state index in [0.717, 1.165) is 6.07 Å². The van der Waals surface area contributed by atoms with E-state index >= 15 is 0 Å². The molecule has 0 unspecified atom stereocenters. The molecule has 0 amide bonds. The number of benzene rings is 2. The summed E-state index contributed by atoms with van der Waals surface area (Å²) in [6.45, 7) is 0.202. The molecule has 0 fully saturated rings. The summed E-state index contributed by atoms with van der Waals surface area (Å²) in [5.74, 6) is 0.0770. The van der Waals surface area contributed by atoms with Gasteiger partial charge in [-0.15, -0.1) is 24.0 Å². The zero-order valence-corrected chi connectivity index (χ0v) is 17.1. The van der Waals surface area contributed by atoms with Gasteiger partial charge in [-0.1, -0.05) is 18.2 Å². The predicted octanol–water partition coefficient (Wildman–Crippen LogP) is 4.34. The van der Waals surface area contributed by atoms with Gasteiger partial charge in [-0.3, -0.25) is 4.99 Å². The molecule has 2 N–H and O–H groups in total. The molecular weight excluding hydrogens is 477 g/mol. The van der Waals surface area contributed by atoms with Gasteiger partial charge in [0.1, 0.15) is 11.6 Å². The van der Waals surface area contributed by atoms with Gasteiger partial charge in [-0.2, -0.15) is 13.2 Å². The lowest BCUT2D eigenvalue weighted by Crippen LogP contribution is -2.36. The number of rotatable bonds is 5. The number of hydrogen-bond donors (Lipinski definition) is 2. The van der Waals surface area contributed by atoms with E-state index in [1.54, 1.807) is 12.1 Å². The lowest BCUT2D eigenvalue weighted by molar-refractivity contribution is -0.138. The molecule has 0 bridgehead atoms. The van der Waals surface area contributed by atoms with Crippen LogP contribution in [-0.2, 0) is 19.3 Å². The average Bonchev–Trinajstić information content (AvgIpc) is 2.61. The number of hydrogen-bond acceptors (Lipinski definition) is 2. The maximum atomic E-state index is 13.2. The Balaban J connectivity index is 0.00000364. The number of guanidine groups is 1. The van der Waals surface area contributed by atoms with Crippen molar-refractivity contribution in [3.05, 3.63) is 65.0 Å². The van der Waals surface area contributed by atoms with Crippen molar-refractivity contribution in [1.82, 2.24) is 10.6 Å². The molecule has 2 aromatic rings. The maximum absolute atomic E-state index is 13.2. The molecule has 2 rings (SSSR count). The third kappa shape index (κ3) is 6.89. The normalized spacial score (nSPS) is 11.6. The highest BCUT2D eigenvalue weighted by molar-refractivity contribution is 14.0. The lowest BCUT2D eigenvalue weighted by Gasteiger charge is -2.16. The van der Waals surface area contributed by atoms with Crippen molar-refractivity contribution in [2.45, 2.75) is 19.3 Å². The fourth-order valence-electron chi connectivity index (χ4n) is 2.33. The van der Waals surface area contributed by atoms with Crippen LogP contribution in [0.3, 0.4) is 0 Å². The van der Waals surface area contributed by atoms with E-state index in [0.29, 0.717) is 11.5 Å². The highest BCUT2D eigenvalue weighted by Gasteiger charge is 2.33. The molecule has 0 saturated heterocycles. The van der Waals surface area contributed by atoms with Gasteiger partial charge >= 0.3 is 6.18 Å². The van der Waals surface area contributed by atoms with Crippen molar-refractivity contribution >= 4 is 29.9 Å². The number of nitrogens with zero attached hydrogens (tertiary/aromatic N) is 1. The zero-order chi connectivity index (χ0) is 19.2. The van der Waals surface area contributed by atoms with Crippen LogP contribution >= 0.6 is 24.0 Å². The molecule has 4 nitrogen and oxygen atoms in total. The Hall–Kier alpha value is -2.04. The van der Waals surface area contributed by atoms with Crippen molar-refractivity contribution in [3.8, 4) is 5.75 Å². The Kier molecular flexibility index (Phi) is 8.80. The smallest absolute Gasteiger partial charge is 0.416 e. The summed E-state index contributed by atoms with van der Waals surface area (Å²) in [5, 5.41) is 5.76. The lowest BCUT2D eigenvalue weighted by atomic mass is 10.1. The summed E-state index contributed by atoms with van der Waals surface area (Å²) in [6.07, 6.45) is -4.50. The molecule has 0 atom stereocenters. The van der Waals surface area contributed by atoms with Crippen LogP contribution in [0.1, 0.15) is 16.7 Å². The first-order chi connectivity index (χ1) is 12.3. The number of aliphatic imine (C=N–C) groups is 1. The van der Waals surface area contributed by atoms with E-state index in [1.165, 1.54) is 38.4 Å². The van der Waals surface area contributed by atoms with Crippen molar-refractivity contribution in [3.63, 3.8) is 0 Å². The second kappa shape index (κ2) is 10.3. The Labute approximate surface area is 172 Å². The van der Waals surface area contributed by atoms with Gasteiger partial charge in [-0.25, -0.2) is 4.39 Å². The van der Waals surface area contributed by atoms with E-state index in [1.807, 2.05) is 0 Å². The van der Waals surface area contributed by atoms with Gasteiger partial charge in [0.15, 0.2) is 5.96 Å². The molecule has 0 aliphatic carbocycles. The predicted molar refractivity (Wildman–Crippen MR) is 107 cm³/mol. The molecule has 0 heterocycles. The number of nitrogens with one attached hydrogen (secondary N) is 2. The summed E-state index contributed by atoms with van der Waals surface area (Å²) in [7, 11) is 2.81. The number of ether oxygens (including phenoxy) is 1. The molecule has 0 spiro atoms. The van der Waals surface area contributed by atoms with Gasteiger partial charge in [0.2, 0.25) is 0 Å². The molecular formula is C18H20F4IN3O. The number of methoxy groups -OCH3 is 1. The van der Waals surface area contributed by atoms with E-state index in [4.69, 9.17) is 4.74 Å². The molecule has 0 aliphatic rings. The largest absolute Gasteiger partial charge is 0.497 e. The fraction of sp³-hybridized carbons (Fsp3) is 0.278. The van der Waals surface area contributed by atoms with Crippen LogP contribution in [0.5, 0.6) is 5.75 Å². The van der Waals surface area contributed by atoms with E-state index in [9.17, 15) is 17.6 Å². The van der Waals surface area contributed by atoms with Crippen LogP contribution in [0.4, 0.5) is 17.6 Å². The van der Waals surface area contributed by atoms with Crippen molar-refractivity contribution in [2.24, 2.45) is 4.99 Å². The third-order valence-corrected chi connectivity index (χ3v) is 3.64. The van der Waals surface area contributed by atoms with Gasteiger partial charge in [0, 0.05) is 20.1 Å². The van der Waals surface area contributed by atoms with E-state index in [2.05, 4.69) is 15.6 Å². The summed E-state index contributed by atoms with van der Waals surface area (Å²) < 4.78 is 57.7. The van der Waals surface area contributed by atoms with Crippen LogP contribution in [0.2, 0.25) is 0 Å². The minimum atomic E-state index is -4.50. The summed E-state index contributed by atoms with van der Waals surface area (Å²) in [5.41, 5.74) is -0.0229. The van der Waals surface area contributed by atoms with Gasteiger partial charge in [0.05, 0.1) is 12.7 Å². The van der Waals surface area contributed by atoms with Gasteiger partial charge < -0.3 is 15.4 Å². The second-order valence-electron chi connectivity index (χ2n) is 5.43. The molecule has 0 radical (unpaired) electrons. The first-order valence-corrected chi connectivity index (χ1v) is 7.76. The Morgan fingerprint density at radius 2 is 1.78 bits per heavy atom. The SMILES string of the molecule is CN=C(NCc1cccc(F)c1)NCc1ccc(OC)cc1C(F)(F)F.I. The Morgan fingerprint density at radius 3 is 2.37 bits per heavy atom. The minimum absolute atomic E-state index is 0. The van der Waals surface area contributed by atoms with Crippen molar-refractivity contribution < 1.29 is 22.3 Å². The standard InChI is InChI=1S/C18H19F4N3O.HI/c1-23-17(24-10-12-4-3-5-14(19)8-12)25-11-13-6-7-15(26-2)9-16(13)18(20,21)22;/h3-9H,10-11H2,1-2H3,(H2,23,24,25);1H. The quantitative estimate of drug-likeness (QED) is 0.280. The molecule has 9 heteroatoms. The minimum Gasteiger partial charge on any atom is -0.497 e. The highest BCUT2D eigenvalue weighted by atomic mass is 127. The molecule has 148 valence electrons. The second-order valence-corrected chi connectivity index (χ2v) is 5.43. The van der Waals surface area contributed by atoms with Gasteiger partial charge in [-0.05, 0) is 35.4 Å². The number of halogens is 5. The average molecular weight is 497 g/mol. The van der Waals surface area contributed by atoms with E-state index < -0.39 is 11.7 Å². The zero-order valence-electron chi connectivity index (χ0n) is 14.7. The Morgan fingerprint density at radius 1 is 1.07 bits per heavy atom. The molecule has 27 heavy (non-hydrogen) atoms. The Bertz CT molecular complexity index is 781. The van der Waals surface area contributed by atoms with Crippen LogP contribution in [0, 0.1) is 5.82 Å². The topological polar surface area (TPSA) is 45.7 Å². The van der Waals surface area contributed by atoms with Crippen molar-refractivity contribution in [2.75, 3.05) is 14.2 Å². The van der Waals surface area contributed by atoms with Crippen molar-refractivity contribution in [1.29, 1.82) is 0 Å². The molecule has 0 aliphatic heterocycles. The first-order valence-electron chi connectivity index (χ1n) is 7.76. The third-order valence-electron chi connectivity index (χ3n) is 3.64. The number of alkyl halides is 3. The molecule has 0 saturated carbocycles. The van der Waals surface area contributed by atoms with Crippen LogP contribution < -0.4 is 15.4 Å². The van der Waals surface area contributed by atoms with E-state index in [-0.39, 0.29) is 54.2 Å². The van der Waals surface area contributed by atoms with Crippen LogP contribution in [0.25, 0.3) is 0 Å². The monoisotopic (exact) mass is 497 g/mol. The highest BCUT2D eigenvalue weighted by Crippen LogP contribution is 2.34. The first kappa shape index (κ1) is 23.0. The van der Waals surface area contributed by atoms with Crippen LogP contribution in [-0.4, -0.2) is 20.1 Å². The maximum Gasteiger partial charge on any atom is 0.416 e. The summed E-state index contributed by atoms with van der Waals surface area (Å²) in [6, 6.07) is 9.79.